The van der Waals surface area contributed by atoms with Crippen molar-refractivity contribution in [1.29, 1.82) is 0 Å². The van der Waals surface area contributed by atoms with Crippen LogP contribution in [0.15, 0.2) is 44.8 Å². The number of hydrogen-bond donors (Lipinski definition) is 0. The summed E-state index contributed by atoms with van der Waals surface area (Å²) in [6, 6.07) is 8.02. The molecule has 0 radical (unpaired) electrons. The predicted octanol–water partition coefficient (Wildman–Crippen LogP) is -0.0554. The Morgan fingerprint density at radius 3 is 2.21 bits per heavy atom. The van der Waals surface area contributed by atoms with Crippen molar-refractivity contribution in [2.24, 2.45) is 21.1 Å². The van der Waals surface area contributed by atoms with Gasteiger partial charge in [0.25, 0.3) is 5.56 Å². The second-order valence-corrected chi connectivity index (χ2v) is 7.53. The summed E-state index contributed by atoms with van der Waals surface area (Å²) in [5.41, 5.74) is -0.656. The standard InChI is InChI=1S/C15H16N4O4S/c1-17-11(9-24(22,23)10-7-5-4-6-8-10)16-13-12(17)14(20)19(3)15(21)18(13)2/h4-8H,9H2,1-3H3. The van der Waals surface area contributed by atoms with Gasteiger partial charge in [0.15, 0.2) is 21.0 Å². The molecule has 3 aromatic rings. The number of rotatable bonds is 3. The number of imidazole rings is 1. The van der Waals surface area contributed by atoms with Crippen molar-refractivity contribution in [3.05, 3.63) is 57.0 Å². The van der Waals surface area contributed by atoms with Crippen molar-refractivity contribution in [3.63, 3.8) is 0 Å². The Bertz CT molecular complexity index is 1150. The summed E-state index contributed by atoms with van der Waals surface area (Å²) in [6.45, 7) is 0. The molecule has 0 atom stereocenters. The number of nitrogens with zero attached hydrogens (tertiary/aromatic N) is 4. The van der Waals surface area contributed by atoms with Crippen molar-refractivity contribution < 1.29 is 8.42 Å². The number of benzene rings is 1. The molecule has 2 aromatic heterocycles. The summed E-state index contributed by atoms with van der Waals surface area (Å²) in [6.07, 6.45) is 0. The number of aryl methyl sites for hydroxylation is 2. The summed E-state index contributed by atoms with van der Waals surface area (Å²) < 4.78 is 28.7. The lowest BCUT2D eigenvalue weighted by Crippen LogP contribution is -2.37. The fourth-order valence-electron chi connectivity index (χ4n) is 2.57. The van der Waals surface area contributed by atoms with Gasteiger partial charge in [0.1, 0.15) is 11.6 Å². The van der Waals surface area contributed by atoms with E-state index < -0.39 is 21.1 Å². The topological polar surface area (TPSA) is 96.0 Å². The minimum atomic E-state index is -3.61. The van der Waals surface area contributed by atoms with Gasteiger partial charge in [0, 0.05) is 21.1 Å². The maximum absolute atomic E-state index is 12.5. The van der Waals surface area contributed by atoms with E-state index in [1.54, 1.807) is 25.2 Å². The summed E-state index contributed by atoms with van der Waals surface area (Å²) in [4.78, 5) is 28.7. The molecule has 0 unspecified atom stereocenters. The molecule has 2 heterocycles. The average Bonchev–Trinajstić information content (AvgIpc) is 2.88. The molecule has 0 bridgehead atoms. The van der Waals surface area contributed by atoms with Crippen molar-refractivity contribution in [3.8, 4) is 0 Å². The van der Waals surface area contributed by atoms with Crippen LogP contribution in [0.4, 0.5) is 0 Å². The first-order valence-electron chi connectivity index (χ1n) is 7.13. The molecule has 0 aliphatic rings. The third kappa shape index (κ3) is 2.37. The SMILES string of the molecule is Cn1c(=O)c2c(nc(CS(=O)(=O)c3ccccc3)n2C)n(C)c1=O. The van der Waals surface area contributed by atoms with Gasteiger partial charge in [-0.15, -0.1) is 0 Å². The van der Waals surface area contributed by atoms with Crippen LogP contribution in [0, 0.1) is 0 Å². The smallest absolute Gasteiger partial charge is 0.324 e. The van der Waals surface area contributed by atoms with Crippen LogP contribution in [-0.4, -0.2) is 27.1 Å². The van der Waals surface area contributed by atoms with Crippen LogP contribution < -0.4 is 11.2 Å². The van der Waals surface area contributed by atoms with Crippen molar-refractivity contribution >= 4 is 21.0 Å². The summed E-state index contributed by atoms with van der Waals surface area (Å²) in [5.74, 6) is -0.161. The first-order valence-corrected chi connectivity index (χ1v) is 8.78. The van der Waals surface area contributed by atoms with Crippen molar-refractivity contribution in [2.75, 3.05) is 0 Å². The molecule has 9 heteroatoms. The lowest BCUT2D eigenvalue weighted by Gasteiger charge is -2.05. The van der Waals surface area contributed by atoms with Gasteiger partial charge >= 0.3 is 5.69 Å². The minimum absolute atomic E-state index is 0.170. The van der Waals surface area contributed by atoms with E-state index in [9.17, 15) is 18.0 Å². The minimum Gasteiger partial charge on any atom is -0.324 e. The molecule has 24 heavy (non-hydrogen) atoms. The van der Waals surface area contributed by atoms with Gasteiger partial charge in [-0.05, 0) is 12.1 Å². The van der Waals surface area contributed by atoms with E-state index in [1.165, 1.54) is 35.4 Å². The summed E-state index contributed by atoms with van der Waals surface area (Å²) in [7, 11) is 0.823. The molecule has 0 saturated carbocycles. The number of hydrogen-bond acceptors (Lipinski definition) is 5. The molecule has 0 aliphatic heterocycles. The van der Waals surface area contributed by atoms with E-state index in [2.05, 4.69) is 4.98 Å². The molecule has 0 aliphatic carbocycles. The zero-order valence-electron chi connectivity index (χ0n) is 13.4. The molecule has 0 amide bonds. The third-order valence-electron chi connectivity index (χ3n) is 3.99. The maximum Gasteiger partial charge on any atom is 0.332 e. The third-order valence-corrected chi connectivity index (χ3v) is 5.62. The fraction of sp³-hybridized carbons (Fsp3) is 0.267. The number of fused-ring (bicyclic) bond motifs is 1. The first-order chi connectivity index (χ1) is 11.2. The summed E-state index contributed by atoms with van der Waals surface area (Å²) >= 11 is 0. The molecular weight excluding hydrogens is 332 g/mol. The lowest BCUT2D eigenvalue weighted by atomic mass is 10.4. The molecular formula is C15H16N4O4S. The van der Waals surface area contributed by atoms with E-state index in [-0.39, 0.29) is 27.6 Å². The highest BCUT2D eigenvalue weighted by atomic mass is 32.2. The van der Waals surface area contributed by atoms with Crippen LogP contribution in [0.1, 0.15) is 5.82 Å². The Morgan fingerprint density at radius 1 is 0.958 bits per heavy atom. The highest BCUT2D eigenvalue weighted by molar-refractivity contribution is 7.90. The highest BCUT2D eigenvalue weighted by Crippen LogP contribution is 2.17. The molecule has 0 spiro atoms. The normalized spacial score (nSPS) is 12.0. The fourth-order valence-corrected chi connectivity index (χ4v) is 3.91. The van der Waals surface area contributed by atoms with Gasteiger partial charge in [-0.2, -0.15) is 0 Å². The van der Waals surface area contributed by atoms with Gasteiger partial charge in [-0.3, -0.25) is 13.9 Å². The molecule has 1 aromatic carbocycles. The first kappa shape index (κ1) is 16.2. The maximum atomic E-state index is 12.5. The largest absolute Gasteiger partial charge is 0.332 e. The predicted molar refractivity (Wildman–Crippen MR) is 88.5 cm³/mol. The highest BCUT2D eigenvalue weighted by Gasteiger charge is 2.22. The van der Waals surface area contributed by atoms with Gasteiger partial charge in [-0.25, -0.2) is 18.2 Å². The average molecular weight is 348 g/mol. The van der Waals surface area contributed by atoms with Crippen molar-refractivity contribution in [1.82, 2.24) is 18.7 Å². The van der Waals surface area contributed by atoms with Crippen LogP contribution >= 0.6 is 0 Å². The van der Waals surface area contributed by atoms with Gasteiger partial charge < -0.3 is 4.57 Å². The second kappa shape index (κ2) is 5.45. The zero-order valence-corrected chi connectivity index (χ0v) is 14.2. The molecule has 0 fully saturated rings. The number of sulfone groups is 1. The second-order valence-electron chi connectivity index (χ2n) is 5.54. The Kier molecular flexibility index (Phi) is 3.67. The Balaban J connectivity index is 2.21. The van der Waals surface area contributed by atoms with Gasteiger partial charge in [0.2, 0.25) is 0 Å². The number of aromatic nitrogens is 4. The van der Waals surface area contributed by atoms with Gasteiger partial charge in [0.05, 0.1) is 4.90 Å². The van der Waals surface area contributed by atoms with Crippen LogP contribution in [0.5, 0.6) is 0 Å². The van der Waals surface area contributed by atoms with E-state index in [4.69, 9.17) is 0 Å². The van der Waals surface area contributed by atoms with Crippen LogP contribution in [0.25, 0.3) is 11.2 Å². The Hall–Kier alpha value is -2.68. The van der Waals surface area contributed by atoms with E-state index >= 15 is 0 Å². The van der Waals surface area contributed by atoms with Crippen LogP contribution in [0.2, 0.25) is 0 Å². The Labute approximate surface area is 137 Å². The molecule has 126 valence electrons. The van der Waals surface area contributed by atoms with E-state index in [0.717, 1.165) is 4.57 Å². The molecule has 0 saturated heterocycles. The molecule has 0 N–H and O–H groups in total. The zero-order chi connectivity index (χ0) is 17.6. The Morgan fingerprint density at radius 2 is 1.58 bits per heavy atom. The van der Waals surface area contributed by atoms with Crippen LogP contribution in [0.3, 0.4) is 0 Å². The summed E-state index contributed by atoms with van der Waals surface area (Å²) in [5, 5.41) is 0. The van der Waals surface area contributed by atoms with E-state index in [0.29, 0.717) is 0 Å². The van der Waals surface area contributed by atoms with Gasteiger partial charge in [-0.1, -0.05) is 18.2 Å². The van der Waals surface area contributed by atoms with E-state index in [1.807, 2.05) is 0 Å². The lowest BCUT2D eigenvalue weighted by molar-refractivity contribution is 0.592. The molecule has 3 rings (SSSR count). The molecule has 8 nitrogen and oxygen atoms in total. The van der Waals surface area contributed by atoms with Crippen LogP contribution in [-0.2, 0) is 36.7 Å². The quantitative estimate of drug-likeness (QED) is 0.661. The van der Waals surface area contributed by atoms with Crippen molar-refractivity contribution in [2.45, 2.75) is 10.6 Å². The monoisotopic (exact) mass is 348 g/mol.